The van der Waals surface area contributed by atoms with E-state index < -0.39 is 0 Å². The molecule has 1 aliphatic rings. The summed E-state index contributed by atoms with van der Waals surface area (Å²) in [5.74, 6) is 0.857. The smallest absolute Gasteiger partial charge is 0.222 e. The average molecular weight is 331 g/mol. The predicted octanol–water partition coefficient (Wildman–Crippen LogP) is 3.20. The van der Waals surface area contributed by atoms with Gasteiger partial charge in [0.05, 0.1) is 15.2 Å². The molecule has 124 valence electrons. The third kappa shape index (κ3) is 4.09. The molecule has 0 saturated carbocycles. The molecule has 1 aromatic carbocycles. The van der Waals surface area contributed by atoms with Crippen LogP contribution < -0.4 is 5.73 Å². The number of rotatable bonds is 5. The molecule has 1 amide bonds. The second-order valence-corrected chi connectivity index (χ2v) is 7.62. The van der Waals surface area contributed by atoms with Gasteiger partial charge in [-0.05, 0) is 50.7 Å². The second kappa shape index (κ2) is 7.41. The quantitative estimate of drug-likeness (QED) is 0.915. The number of para-hydroxylation sites is 1. The van der Waals surface area contributed by atoms with Crippen molar-refractivity contribution in [2.24, 2.45) is 11.7 Å². The van der Waals surface area contributed by atoms with Gasteiger partial charge in [-0.2, -0.15) is 0 Å². The number of carbonyl (C=O) groups is 1. The number of amides is 1. The van der Waals surface area contributed by atoms with Gasteiger partial charge in [-0.1, -0.05) is 12.1 Å². The lowest BCUT2D eigenvalue weighted by Gasteiger charge is -2.33. The van der Waals surface area contributed by atoms with Crippen LogP contribution in [0.25, 0.3) is 10.2 Å². The van der Waals surface area contributed by atoms with E-state index in [9.17, 15) is 4.79 Å². The number of likely N-dealkylation sites (tertiary alicyclic amines) is 1. The van der Waals surface area contributed by atoms with E-state index in [0.717, 1.165) is 49.3 Å². The fourth-order valence-electron chi connectivity index (χ4n) is 3.25. The van der Waals surface area contributed by atoms with E-state index in [1.54, 1.807) is 11.3 Å². The lowest BCUT2D eigenvalue weighted by molar-refractivity contribution is -0.132. The molecule has 2 aromatic rings. The number of fused-ring (bicyclic) bond motifs is 1. The van der Waals surface area contributed by atoms with Gasteiger partial charge in [0.15, 0.2) is 0 Å². The van der Waals surface area contributed by atoms with Gasteiger partial charge in [-0.15, -0.1) is 11.3 Å². The molecule has 1 aromatic heterocycles. The van der Waals surface area contributed by atoms with E-state index >= 15 is 0 Å². The first-order chi connectivity index (χ1) is 11.1. The maximum absolute atomic E-state index is 12.3. The summed E-state index contributed by atoms with van der Waals surface area (Å²) in [6.07, 6.45) is 4.48. The van der Waals surface area contributed by atoms with Gasteiger partial charge < -0.3 is 10.6 Å². The summed E-state index contributed by atoms with van der Waals surface area (Å²) in [5, 5.41) is 1.13. The summed E-state index contributed by atoms with van der Waals surface area (Å²) in [6, 6.07) is 8.44. The molecule has 0 aliphatic carbocycles. The zero-order chi connectivity index (χ0) is 16.2. The van der Waals surface area contributed by atoms with Crippen molar-refractivity contribution in [1.82, 2.24) is 9.88 Å². The molecule has 1 atom stereocenters. The number of thiazole rings is 1. The second-order valence-electron chi connectivity index (χ2n) is 6.51. The summed E-state index contributed by atoms with van der Waals surface area (Å²) in [6.45, 7) is 3.80. The van der Waals surface area contributed by atoms with Gasteiger partial charge in [-0.25, -0.2) is 4.98 Å². The topological polar surface area (TPSA) is 59.2 Å². The van der Waals surface area contributed by atoms with Crippen LogP contribution in [-0.2, 0) is 11.2 Å². The molecular formula is C18H25N3OS. The predicted molar refractivity (Wildman–Crippen MR) is 95.5 cm³/mol. The number of piperidine rings is 1. The summed E-state index contributed by atoms with van der Waals surface area (Å²) in [7, 11) is 0. The summed E-state index contributed by atoms with van der Waals surface area (Å²) in [4.78, 5) is 19.0. The van der Waals surface area contributed by atoms with Crippen molar-refractivity contribution < 1.29 is 4.79 Å². The number of hydrogen-bond donors (Lipinski definition) is 1. The minimum absolute atomic E-state index is 0.242. The molecule has 0 radical (unpaired) electrons. The van der Waals surface area contributed by atoms with Crippen molar-refractivity contribution in [3.8, 4) is 0 Å². The van der Waals surface area contributed by atoms with Crippen LogP contribution >= 0.6 is 11.3 Å². The summed E-state index contributed by atoms with van der Waals surface area (Å²) in [5.41, 5.74) is 7.02. The monoisotopic (exact) mass is 331 g/mol. The van der Waals surface area contributed by atoms with E-state index in [2.05, 4.69) is 18.0 Å². The molecule has 23 heavy (non-hydrogen) atoms. The molecular weight excluding hydrogens is 306 g/mol. The Hall–Kier alpha value is -1.46. The van der Waals surface area contributed by atoms with Gasteiger partial charge in [0, 0.05) is 25.6 Å². The van der Waals surface area contributed by atoms with E-state index in [-0.39, 0.29) is 11.9 Å². The number of nitrogens with zero attached hydrogens (tertiary/aromatic N) is 2. The molecule has 3 rings (SSSR count). The molecule has 0 spiro atoms. The zero-order valence-corrected chi connectivity index (χ0v) is 14.5. The van der Waals surface area contributed by atoms with E-state index in [0.29, 0.717) is 12.3 Å². The first kappa shape index (κ1) is 16.4. The number of aromatic nitrogens is 1. The Morgan fingerprint density at radius 2 is 2.13 bits per heavy atom. The van der Waals surface area contributed by atoms with Crippen LogP contribution in [0.5, 0.6) is 0 Å². The van der Waals surface area contributed by atoms with Crippen molar-refractivity contribution in [2.75, 3.05) is 13.1 Å². The minimum atomic E-state index is 0.242. The fraction of sp³-hybridized carbons (Fsp3) is 0.556. The van der Waals surface area contributed by atoms with Crippen LogP contribution in [0, 0.1) is 5.92 Å². The third-order valence-corrected chi connectivity index (χ3v) is 5.85. The van der Waals surface area contributed by atoms with Crippen LogP contribution in [-0.4, -0.2) is 34.9 Å². The van der Waals surface area contributed by atoms with Crippen molar-refractivity contribution in [3.05, 3.63) is 29.3 Å². The Bertz CT molecular complexity index is 626. The number of benzene rings is 1. The highest BCUT2D eigenvalue weighted by Gasteiger charge is 2.24. The lowest BCUT2D eigenvalue weighted by atomic mass is 9.91. The van der Waals surface area contributed by atoms with Gasteiger partial charge in [0.25, 0.3) is 0 Å². The van der Waals surface area contributed by atoms with Gasteiger partial charge in [-0.3, -0.25) is 4.79 Å². The molecule has 2 N–H and O–H groups in total. The molecule has 4 nitrogen and oxygen atoms in total. The fourth-order valence-corrected chi connectivity index (χ4v) is 4.26. The number of carbonyl (C=O) groups excluding carboxylic acids is 1. The van der Waals surface area contributed by atoms with Crippen LogP contribution in [0.15, 0.2) is 24.3 Å². The highest BCUT2D eigenvalue weighted by molar-refractivity contribution is 7.18. The summed E-state index contributed by atoms with van der Waals surface area (Å²) < 4.78 is 1.23. The molecule has 1 fully saturated rings. The largest absolute Gasteiger partial charge is 0.343 e. The first-order valence-corrected chi connectivity index (χ1v) is 9.33. The molecule has 2 heterocycles. The standard InChI is InChI=1S/C18H25N3OS/c1-13(19)14-9-11-21(12-10-14)18(22)8-4-7-17-20-15-5-2-3-6-16(15)23-17/h2-3,5-6,13-14H,4,7-12,19H2,1H3. The van der Waals surface area contributed by atoms with Gasteiger partial charge in [0.1, 0.15) is 0 Å². The normalized spacial score (nSPS) is 17.6. The van der Waals surface area contributed by atoms with Crippen LogP contribution in [0.4, 0.5) is 0 Å². The highest BCUT2D eigenvalue weighted by Crippen LogP contribution is 2.23. The van der Waals surface area contributed by atoms with E-state index in [1.807, 2.05) is 23.1 Å². The first-order valence-electron chi connectivity index (χ1n) is 8.51. The van der Waals surface area contributed by atoms with Crippen LogP contribution in [0.2, 0.25) is 0 Å². The maximum atomic E-state index is 12.3. The number of hydrogen-bond acceptors (Lipinski definition) is 4. The van der Waals surface area contributed by atoms with Gasteiger partial charge in [0.2, 0.25) is 5.91 Å². The third-order valence-electron chi connectivity index (χ3n) is 4.76. The van der Waals surface area contributed by atoms with Gasteiger partial charge >= 0.3 is 0 Å². The highest BCUT2D eigenvalue weighted by atomic mass is 32.1. The Morgan fingerprint density at radius 3 is 2.83 bits per heavy atom. The van der Waals surface area contributed by atoms with Crippen LogP contribution in [0.1, 0.15) is 37.6 Å². The summed E-state index contributed by atoms with van der Waals surface area (Å²) >= 11 is 1.74. The zero-order valence-electron chi connectivity index (χ0n) is 13.7. The number of aryl methyl sites for hydroxylation is 1. The molecule has 5 heteroatoms. The SMILES string of the molecule is CC(N)C1CCN(C(=O)CCCc2nc3ccccc3s2)CC1. The lowest BCUT2D eigenvalue weighted by Crippen LogP contribution is -2.42. The Balaban J connectivity index is 1.44. The minimum Gasteiger partial charge on any atom is -0.343 e. The van der Waals surface area contributed by atoms with E-state index in [4.69, 9.17) is 5.73 Å². The van der Waals surface area contributed by atoms with Crippen molar-refractivity contribution in [3.63, 3.8) is 0 Å². The Labute approximate surface area is 141 Å². The maximum Gasteiger partial charge on any atom is 0.222 e. The molecule has 1 aliphatic heterocycles. The molecule has 1 unspecified atom stereocenters. The van der Waals surface area contributed by atoms with Crippen molar-refractivity contribution in [1.29, 1.82) is 0 Å². The average Bonchev–Trinajstić information content (AvgIpc) is 2.97. The van der Waals surface area contributed by atoms with E-state index in [1.165, 1.54) is 4.70 Å². The molecule has 0 bridgehead atoms. The van der Waals surface area contributed by atoms with Crippen molar-refractivity contribution in [2.45, 2.75) is 45.1 Å². The van der Waals surface area contributed by atoms with Crippen LogP contribution in [0.3, 0.4) is 0 Å². The number of nitrogens with two attached hydrogens (primary N) is 1. The van der Waals surface area contributed by atoms with Crippen molar-refractivity contribution >= 4 is 27.5 Å². The molecule has 1 saturated heterocycles. The Morgan fingerprint density at radius 1 is 1.39 bits per heavy atom. The Kier molecular flexibility index (Phi) is 5.28.